The number of anilines is 2. The molecule has 16 heavy (non-hydrogen) atoms. The maximum atomic E-state index is 5.26. The minimum atomic E-state index is 0.237. The third-order valence-electron chi connectivity index (χ3n) is 2.56. The van der Waals surface area contributed by atoms with Crippen LogP contribution < -0.4 is 16.6 Å². The van der Waals surface area contributed by atoms with Gasteiger partial charge in [-0.2, -0.15) is 4.98 Å². The lowest BCUT2D eigenvalue weighted by molar-refractivity contribution is 0.376. The second-order valence-electron chi connectivity index (χ2n) is 4.41. The number of hydrogen-bond donors (Lipinski definition) is 3. The molecule has 0 aliphatic heterocycles. The summed E-state index contributed by atoms with van der Waals surface area (Å²) in [4.78, 5) is 8.21. The molecule has 1 heterocycles. The van der Waals surface area contributed by atoms with Crippen LogP contribution in [0.4, 0.5) is 11.8 Å². The van der Waals surface area contributed by atoms with Crippen molar-refractivity contribution in [3.8, 4) is 0 Å². The second kappa shape index (κ2) is 5.45. The van der Waals surface area contributed by atoms with E-state index in [1.165, 1.54) is 0 Å². The lowest BCUT2D eigenvalue weighted by Crippen LogP contribution is -2.23. The van der Waals surface area contributed by atoms with Crippen LogP contribution in [0, 0.1) is 5.41 Å². The van der Waals surface area contributed by atoms with E-state index in [-0.39, 0.29) is 5.41 Å². The molecule has 0 saturated heterocycles. The predicted octanol–water partition coefficient (Wildman–Crippen LogP) is 2.37. The van der Waals surface area contributed by atoms with Gasteiger partial charge in [-0.05, 0) is 27.8 Å². The van der Waals surface area contributed by atoms with Crippen LogP contribution in [0.1, 0.15) is 27.2 Å². The van der Waals surface area contributed by atoms with Gasteiger partial charge in [0.25, 0.3) is 0 Å². The average Bonchev–Trinajstić information content (AvgIpc) is 2.28. The van der Waals surface area contributed by atoms with Gasteiger partial charge in [0.05, 0.1) is 4.47 Å². The summed E-state index contributed by atoms with van der Waals surface area (Å²) in [7, 11) is 0. The van der Waals surface area contributed by atoms with E-state index in [4.69, 9.17) is 5.84 Å². The molecule has 6 heteroatoms. The number of nitrogens with two attached hydrogens (primary N) is 1. The Kier molecular flexibility index (Phi) is 4.49. The van der Waals surface area contributed by atoms with Crippen LogP contribution in [0.15, 0.2) is 10.7 Å². The van der Waals surface area contributed by atoms with Gasteiger partial charge in [-0.3, -0.25) is 5.43 Å². The molecule has 1 rings (SSSR count). The molecule has 0 radical (unpaired) electrons. The van der Waals surface area contributed by atoms with Crippen molar-refractivity contribution < 1.29 is 0 Å². The summed E-state index contributed by atoms with van der Waals surface area (Å²) in [5.74, 6) is 6.42. The summed E-state index contributed by atoms with van der Waals surface area (Å²) >= 11 is 3.39. The molecule has 0 bridgehead atoms. The van der Waals surface area contributed by atoms with Crippen LogP contribution in [0.3, 0.4) is 0 Å². The highest BCUT2D eigenvalue weighted by molar-refractivity contribution is 9.10. The Hall–Kier alpha value is -0.880. The summed E-state index contributed by atoms with van der Waals surface area (Å²) < 4.78 is 0.832. The summed E-state index contributed by atoms with van der Waals surface area (Å²) in [6.07, 6.45) is 2.77. The zero-order chi connectivity index (χ0) is 12.2. The highest BCUT2D eigenvalue weighted by atomic mass is 79.9. The van der Waals surface area contributed by atoms with Crippen molar-refractivity contribution >= 4 is 27.7 Å². The fraction of sp³-hybridized carbons (Fsp3) is 0.600. The topological polar surface area (TPSA) is 75.9 Å². The quantitative estimate of drug-likeness (QED) is 0.573. The monoisotopic (exact) mass is 287 g/mol. The molecule has 1 aromatic heterocycles. The second-order valence-corrected chi connectivity index (χ2v) is 5.26. The molecule has 0 aliphatic rings. The SMILES string of the molecule is CCC(C)(C)CNc1nc(NN)ncc1Br. The van der Waals surface area contributed by atoms with Crippen LogP contribution in [-0.2, 0) is 0 Å². The first-order valence-corrected chi connectivity index (χ1v) is 6.01. The number of nitrogens with zero attached hydrogens (tertiary/aromatic N) is 2. The summed E-state index contributed by atoms with van der Waals surface area (Å²) in [5.41, 5.74) is 2.66. The molecule has 0 aliphatic carbocycles. The third kappa shape index (κ3) is 3.61. The van der Waals surface area contributed by atoms with Gasteiger partial charge >= 0.3 is 0 Å². The Bertz CT molecular complexity index is 353. The Labute approximate surface area is 104 Å². The lowest BCUT2D eigenvalue weighted by Gasteiger charge is -2.23. The molecule has 0 unspecified atom stereocenters. The first-order chi connectivity index (χ1) is 7.48. The van der Waals surface area contributed by atoms with Crippen LogP contribution in [0.2, 0.25) is 0 Å². The molecule has 0 amide bonds. The van der Waals surface area contributed by atoms with Gasteiger partial charge in [-0.1, -0.05) is 20.8 Å². The van der Waals surface area contributed by atoms with E-state index in [0.717, 1.165) is 23.3 Å². The number of nitrogen functional groups attached to an aromatic ring is 1. The van der Waals surface area contributed by atoms with Crippen molar-refractivity contribution in [1.82, 2.24) is 9.97 Å². The van der Waals surface area contributed by atoms with Gasteiger partial charge in [0.15, 0.2) is 0 Å². The molecular weight excluding hydrogens is 270 g/mol. The van der Waals surface area contributed by atoms with Crippen molar-refractivity contribution in [3.63, 3.8) is 0 Å². The Morgan fingerprint density at radius 2 is 2.19 bits per heavy atom. The molecular formula is C10H18BrN5. The number of hydrogen-bond acceptors (Lipinski definition) is 5. The van der Waals surface area contributed by atoms with Crippen molar-refractivity contribution in [2.45, 2.75) is 27.2 Å². The lowest BCUT2D eigenvalue weighted by atomic mass is 9.90. The van der Waals surface area contributed by atoms with Gasteiger partial charge in [0, 0.05) is 12.7 Å². The first kappa shape index (κ1) is 13.2. The Balaban J connectivity index is 2.73. The van der Waals surface area contributed by atoms with E-state index in [1.807, 2.05) is 0 Å². The molecule has 5 nitrogen and oxygen atoms in total. The molecule has 0 saturated carbocycles. The van der Waals surface area contributed by atoms with Crippen LogP contribution in [0.25, 0.3) is 0 Å². The molecule has 0 fully saturated rings. The van der Waals surface area contributed by atoms with Gasteiger partial charge in [-0.25, -0.2) is 10.8 Å². The third-order valence-corrected chi connectivity index (χ3v) is 3.15. The standard InChI is InChI=1S/C10H18BrN5/c1-4-10(2,3)6-14-8-7(11)5-13-9(15-8)16-12/h5H,4,6,12H2,1-3H3,(H2,13,14,15,16). The van der Waals surface area contributed by atoms with Gasteiger partial charge in [-0.15, -0.1) is 0 Å². The molecule has 4 N–H and O–H groups in total. The van der Waals surface area contributed by atoms with Gasteiger partial charge in [0.1, 0.15) is 5.82 Å². The minimum Gasteiger partial charge on any atom is -0.368 e. The van der Waals surface area contributed by atoms with Crippen molar-refractivity contribution in [2.24, 2.45) is 11.3 Å². The minimum absolute atomic E-state index is 0.237. The van der Waals surface area contributed by atoms with Crippen molar-refractivity contribution in [2.75, 3.05) is 17.3 Å². The normalized spacial score (nSPS) is 11.3. The van der Waals surface area contributed by atoms with E-state index in [1.54, 1.807) is 6.20 Å². The largest absolute Gasteiger partial charge is 0.368 e. The molecule has 0 spiro atoms. The maximum Gasteiger partial charge on any atom is 0.239 e. The number of rotatable bonds is 5. The first-order valence-electron chi connectivity index (χ1n) is 5.21. The zero-order valence-electron chi connectivity index (χ0n) is 9.84. The van der Waals surface area contributed by atoms with Crippen LogP contribution in [-0.4, -0.2) is 16.5 Å². The number of halogens is 1. The fourth-order valence-electron chi connectivity index (χ4n) is 1.01. The Morgan fingerprint density at radius 3 is 2.75 bits per heavy atom. The van der Waals surface area contributed by atoms with E-state index in [9.17, 15) is 0 Å². The van der Waals surface area contributed by atoms with E-state index in [0.29, 0.717) is 5.95 Å². The number of nitrogens with one attached hydrogen (secondary N) is 2. The summed E-state index contributed by atoms with van der Waals surface area (Å²) in [6, 6.07) is 0. The summed E-state index contributed by atoms with van der Waals surface area (Å²) in [6.45, 7) is 7.43. The van der Waals surface area contributed by atoms with E-state index >= 15 is 0 Å². The summed E-state index contributed by atoms with van der Waals surface area (Å²) in [5, 5.41) is 3.29. The molecule has 0 aromatic carbocycles. The number of hydrazine groups is 1. The van der Waals surface area contributed by atoms with Crippen LogP contribution >= 0.6 is 15.9 Å². The van der Waals surface area contributed by atoms with Gasteiger partial charge in [0.2, 0.25) is 5.95 Å². The van der Waals surface area contributed by atoms with Crippen LogP contribution in [0.5, 0.6) is 0 Å². The number of aromatic nitrogens is 2. The predicted molar refractivity (Wildman–Crippen MR) is 70.1 cm³/mol. The van der Waals surface area contributed by atoms with Gasteiger partial charge < -0.3 is 5.32 Å². The fourth-order valence-corrected chi connectivity index (χ4v) is 1.34. The molecule has 90 valence electrons. The van der Waals surface area contributed by atoms with Crippen molar-refractivity contribution in [3.05, 3.63) is 10.7 Å². The maximum absolute atomic E-state index is 5.26. The Morgan fingerprint density at radius 1 is 1.50 bits per heavy atom. The average molecular weight is 288 g/mol. The molecule has 0 atom stereocenters. The highest BCUT2D eigenvalue weighted by Gasteiger charge is 2.15. The molecule has 1 aromatic rings. The van der Waals surface area contributed by atoms with E-state index in [2.05, 4.69) is 57.4 Å². The zero-order valence-corrected chi connectivity index (χ0v) is 11.4. The van der Waals surface area contributed by atoms with E-state index < -0.39 is 0 Å². The van der Waals surface area contributed by atoms with Crippen molar-refractivity contribution in [1.29, 1.82) is 0 Å². The smallest absolute Gasteiger partial charge is 0.239 e. The highest BCUT2D eigenvalue weighted by Crippen LogP contribution is 2.24.